The number of hydrogen-bond donors (Lipinski definition) is 2. The number of aromatic hydroxyl groups is 1. The summed E-state index contributed by atoms with van der Waals surface area (Å²) in [6, 6.07) is 12.1. The number of nitrogens with one attached hydrogen (secondary N) is 1. The lowest BCUT2D eigenvalue weighted by Crippen LogP contribution is -2.33. The summed E-state index contributed by atoms with van der Waals surface area (Å²) in [5, 5.41) is 15.5. The molecule has 1 aliphatic heterocycles. The van der Waals surface area contributed by atoms with E-state index in [0.717, 1.165) is 42.3 Å². The molecular formula is C17H21NO2. The Morgan fingerprint density at radius 3 is 2.85 bits per heavy atom. The standard InChI is InChI=1S/C17H21NO2/c1-2-13-11-12(9-10-20-13)18-16-7-3-6-15-14(16)5-4-8-17(15)19/h3-8,12-13,18-19H,2,9-11H2,1H3. The van der Waals surface area contributed by atoms with Crippen molar-refractivity contribution in [2.75, 3.05) is 11.9 Å². The highest BCUT2D eigenvalue weighted by Gasteiger charge is 2.21. The Kier molecular flexibility index (Phi) is 3.79. The molecule has 0 radical (unpaired) electrons. The molecule has 0 bridgehead atoms. The summed E-state index contributed by atoms with van der Waals surface area (Å²) in [6.45, 7) is 3.00. The van der Waals surface area contributed by atoms with Crippen molar-refractivity contribution in [3.05, 3.63) is 36.4 Å². The average Bonchev–Trinajstić information content (AvgIpc) is 2.49. The number of ether oxygens (including phenoxy) is 1. The molecule has 106 valence electrons. The molecule has 2 unspecified atom stereocenters. The lowest BCUT2D eigenvalue weighted by Gasteiger charge is -2.30. The van der Waals surface area contributed by atoms with E-state index < -0.39 is 0 Å². The quantitative estimate of drug-likeness (QED) is 0.889. The maximum atomic E-state index is 9.93. The first-order chi connectivity index (χ1) is 9.78. The molecule has 3 heteroatoms. The van der Waals surface area contributed by atoms with E-state index in [1.807, 2.05) is 24.3 Å². The molecule has 2 aromatic carbocycles. The van der Waals surface area contributed by atoms with E-state index in [1.165, 1.54) is 0 Å². The summed E-state index contributed by atoms with van der Waals surface area (Å²) in [6.07, 6.45) is 3.51. The van der Waals surface area contributed by atoms with Gasteiger partial charge in [0.05, 0.1) is 6.10 Å². The van der Waals surface area contributed by atoms with Gasteiger partial charge in [0, 0.05) is 29.1 Å². The first kappa shape index (κ1) is 13.3. The van der Waals surface area contributed by atoms with Gasteiger partial charge in [0.2, 0.25) is 0 Å². The van der Waals surface area contributed by atoms with Crippen LogP contribution in [0.5, 0.6) is 5.75 Å². The maximum Gasteiger partial charge on any atom is 0.123 e. The molecule has 1 aliphatic rings. The first-order valence-corrected chi connectivity index (χ1v) is 7.36. The van der Waals surface area contributed by atoms with E-state index in [4.69, 9.17) is 4.74 Å². The topological polar surface area (TPSA) is 41.5 Å². The summed E-state index contributed by atoms with van der Waals surface area (Å²) in [5.41, 5.74) is 1.10. The van der Waals surface area contributed by atoms with Gasteiger partial charge in [-0.25, -0.2) is 0 Å². The van der Waals surface area contributed by atoms with Crippen LogP contribution in [0.3, 0.4) is 0 Å². The van der Waals surface area contributed by atoms with Gasteiger partial charge >= 0.3 is 0 Å². The van der Waals surface area contributed by atoms with Gasteiger partial charge in [0.15, 0.2) is 0 Å². The second kappa shape index (κ2) is 5.71. The molecule has 20 heavy (non-hydrogen) atoms. The smallest absolute Gasteiger partial charge is 0.123 e. The predicted molar refractivity (Wildman–Crippen MR) is 82.3 cm³/mol. The zero-order chi connectivity index (χ0) is 13.9. The highest BCUT2D eigenvalue weighted by molar-refractivity contribution is 5.97. The number of phenolic OH excluding ortho intramolecular Hbond substituents is 1. The molecule has 3 nitrogen and oxygen atoms in total. The molecule has 0 aromatic heterocycles. The molecular weight excluding hydrogens is 250 g/mol. The van der Waals surface area contributed by atoms with Crippen LogP contribution in [0.25, 0.3) is 10.8 Å². The highest BCUT2D eigenvalue weighted by Crippen LogP contribution is 2.31. The monoisotopic (exact) mass is 271 g/mol. The van der Waals surface area contributed by atoms with Crippen molar-refractivity contribution in [3.63, 3.8) is 0 Å². The Balaban J connectivity index is 1.86. The number of anilines is 1. The van der Waals surface area contributed by atoms with Crippen LogP contribution in [0.1, 0.15) is 26.2 Å². The van der Waals surface area contributed by atoms with Gasteiger partial charge in [-0.2, -0.15) is 0 Å². The third kappa shape index (κ3) is 2.59. The fourth-order valence-electron chi connectivity index (χ4n) is 2.93. The Hall–Kier alpha value is -1.74. The summed E-state index contributed by atoms with van der Waals surface area (Å²) in [5.74, 6) is 0.338. The molecule has 2 aromatic rings. The predicted octanol–water partition coefficient (Wildman–Crippen LogP) is 3.91. The summed E-state index contributed by atoms with van der Waals surface area (Å²) < 4.78 is 5.72. The van der Waals surface area contributed by atoms with Crippen molar-refractivity contribution in [3.8, 4) is 5.75 Å². The highest BCUT2D eigenvalue weighted by atomic mass is 16.5. The number of rotatable bonds is 3. The van der Waals surface area contributed by atoms with Gasteiger partial charge in [-0.1, -0.05) is 31.2 Å². The fraction of sp³-hybridized carbons (Fsp3) is 0.412. The van der Waals surface area contributed by atoms with E-state index in [9.17, 15) is 5.11 Å². The van der Waals surface area contributed by atoms with Gasteiger partial charge in [0.25, 0.3) is 0 Å². The van der Waals surface area contributed by atoms with Crippen molar-refractivity contribution in [1.82, 2.24) is 0 Å². The summed E-state index contributed by atoms with van der Waals surface area (Å²) in [7, 11) is 0. The van der Waals surface area contributed by atoms with Crippen LogP contribution in [0.2, 0.25) is 0 Å². The van der Waals surface area contributed by atoms with Crippen LogP contribution in [0, 0.1) is 0 Å². The van der Waals surface area contributed by atoms with E-state index in [1.54, 1.807) is 6.07 Å². The second-order valence-electron chi connectivity index (χ2n) is 5.44. The fourth-order valence-corrected chi connectivity index (χ4v) is 2.93. The summed E-state index contributed by atoms with van der Waals surface area (Å²) in [4.78, 5) is 0. The van der Waals surface area contributed by atoms with E-state index in [0.29, 0.717) is 17.9 Å². The van der Waals surface area contributed by atoms with Gasteiger partial charge < -0.3 is 15.2 Å². The largest absolute Gasteiger partial charge is 0.507 e. The third-order valence-electron chi connectivity index (χ3n) is 4.08. The molecule has 1 heterocycles. The third-order valence-corrected chi connectivity index (χ3v) is 4.08. The lowest BCUT2D eigenvalue weighted by molar-refractivity contribution is 0.00927. The van der Waals surface area contributed by atoms with Crippen LogP contribution in [-0.2, 0) is 4.74 Å². The number of phenols is 1. The molecule has 1 fully saturated rings. The van der Waals surface area contributed by atoms with Crippen molar-refractivity contribution in [2.45, 2.75) is 38.3 Å². The normalized spacial score (nSPS) is 22.9. The average molecular weight is 271 g/mol. The maximum absolute atomic E-state index is 9.93. The van der Waals surface area contributed by atoms with Crippen molar-refractivity contribution >= 4 is 16.5 Å². The minimum Gasteiger partial charge on any atom is -0.507 e. The van der Waals surface area contributed by atoms with E-state index in [2.05, 4.69) is 18.3 Å². The molecule has 0 aliphatic carbocycles. The van der Waals surface area contributed by atoms with E-state index in [-0.39, 0.29) is 0 Å². The molecule has 3 rings (SSSR count). The SMILES string of the molecule is CCC1CC(Nc2cccc3c(O)cccc23)CCO1. The Morgan fingerprint density at radius 2 is 2.00 bits per heavy atom. The zero-order valence-corrected chi connectivity index (χ0v) is 11.8. The van der Waals surface area contributed by atoms with Crippen LogP contribution in [0.15, 0.2) is 36.4 Å². The molecule has 2 N–H and O–H groups in total. The van der Waals surface area contributed by atoms with Gasteiger partial charge in [-0.15, -0.1) is 0 Å². The van der Waals surface area contributed by atoms with Crippen molar-refractivity contribution < 1.29 is 9.84 Å². The minimum absolute atomic E-state index is 0.338. The minimum atomic E-state index is 0.338. The van der Waals surface area contributed by atoms with Gasteiger partial charge in [-0.3, -0.25) is 0 Å². The molecule has 0 spiro atoms. The van der Waals surface area contributed by atoms with Crippen molar-refractivity contribution in [2.24, 2.45) is 0 Å². The van der Waals surface area contributed by atoms with Gasteiger partial charge in [0.1, 0.15) is 5.75 Å². The Bertz CT molecular complexity index is 597. The number of benzene rings is 2. The molecule has 1 saturated heterocycles. The number of hydrogen-bond acceptors (Lipinski definition) is 3. The Morgan fingerprint density at radius 1 is 1.20 bits per heavy atom. The molecule has 0 saturated carbocycles. The van der Waals surface area contributed by atoms with Crippen LogP contribution in [0.4, 0.5) is 5.69 Å². The van der Waals surface area contributed by atoms with Crippen molar-refractivity contribution in [1.29, 1.82) is 0 Å². The molecule has 0 amide bonds. The summed E-state index contributed by atoms with van der Waals surface area (Å²) >= 11 is 0. The van der Waals surface area contributed by atoms with Crippen LogP contribution < -0.4 is 5.32 Å². The number of fused-ring (bicyclic) bond motifs is 1. The second-order valence-corrected chi connectivity index (χ2v) is 5.44. The van der Waals surface area contributed by atoms with Crippen LogP contribution in [-0.4, -0.2) is 23.9 Å². The lowest BCUT2D eigenvalue weighted by atomic mass is 10.00. The first-order valence-electron chi connectivity index (χ1n) is 7.36. The van der Waals surface area contributed by atoms with Gasteiger partial charge in [-0.05, 0) is 31.4 Å². The zero-order valence-electron chi connectivity index (χ0n) is 11.8. The Labute approximate surface area is 119 Å². The molecule has 2 atom stereocenters. The van der Waals surface area contributed by atoms with E-state index >= 15 is 0 Å². The van der Waals surface area contributed by atoms with Crippen LogP contribution >= 0.6 is 0 Å².